The van der Waals surface area contributed by atoms with E-state index in [4.69, 9.17) is 4.74 Å². The molecule has 2 aromatic rings. The number of amides is 1. The molecule has 0 aliphatic carbocycles. The Morgan fingerprint density at radius 2 is 1.67 bits per heavy atom. The van der Waals surface area contributed by atoms with Crippen molar-refractivity contribution in [1.82, 2.24) is 8.87 Å². The van der Waals surface area contributed by atoms with Gasteiger partial charge in [-0.1, -0.05) is 20.8 Å². The normalized spacial score (nSPS) is 18.1. The lowest BCUT2D eigenvalue weighted by Crippen LogP contribution is -2.54. The van der Waals surface area contributed by atoms with E-state index in [2.05, 4.69) is 67.0 Å². The first-order chi connectivity index (χ1) is 15.6. The number of piperazine rings is 1. The van der Waals surface area contributed by atoms with Gasteiger partial charge in [0, 0.05) is 42.9 Å². The van der Waals surface area contributed by atoms with Crippen LogP contribution >= 0.6 is 10.2 Å². The van der Waals surface area contributed by atoms with Gasteiger partial charge in [-0.25, -0.2) is 4.79 Å². The Bertz CT molecular complexity index is 916. The van der Waals surface area contributed by atoms with Crippen molar-refractivity contribution in [3.63, 3.8) is 0 Å². The molecule has 1 aliphatic rings. The van der Waals surface area contributed by atoms with Gasteiger partial charge in [-0.2, -0.15) is 10.2 Å². The molecule has 1 aromatic heterocycles. The molecule has 6 heteroatoms. The van der Waals surface area contributed by atoms with Gasteiger partial charge in [0.25, 0.3) is 0 Å². The van der Waals surface area contributed by atoms with Crippen molar-refractivity contribution in [2.24, 2.45) is 0 Å². The summed E-state index contributed by atoms with van der Waals surface area (Å²) in [7, 11) is -0.844. The SMILES string of the molecule is CCCS(CCC)(CCC)n1ccc2cc(N3CCN(C(=O)OC(C)(C)C)C[C@@H]3C)ccc21. The van der Waals surface area contributed by atoms with Crippen LogP contribution in [0.3, 0.4) is 0 Å². The molecule has 1 fully saturated rings. The molecule has 2 heterocycles. The zero-order valence-corrected chi connectivity index (χ0v) is 22.7. The summed E-state index contributed by atoms with van der Waals surface area (Å²) in [6, 6.07) is 9.52. The number of hydrogen-bond acceptors (Lipinski definition) is 3. The first-order valence-electron chi connectivity index (χ1n) is 12.8. The molecule has 33 heavy (non-hydrogen) atoms. The minimum atomic E-state index is -0.844. The van der Waals surface area contributed by atoms with Crippen LogP contribution in [-0.2, 0) is 4.74 Å². The van der Waals surface area contributed by atoms with Crippen molar-refractivity contribution < 1.29 is 9.53 Å². The predicted molar refractivity (Wildman–Crippen MR) is 145 cm³/mol. The van der Waals surface area contributed by atoms with E-state index < -0.39 is 15.8 Å². The molecule has 0 spiro atoms. The summed E-state index contributed by atoms with van der Waals surface area (Å²) in [5.74, 6) is 3.93. The van der Waals surface area contributed by atoms with E-state index in [1.165, 1.54) is 53.1 Å². The molecular weight excluding hydrogens is 430 g/mol. The lowest BCUT2D eigenvalue weighted by atomic mass is 10.1. The molecule has 3 rings (SSSR count). The van der Waals surface area contributed by atoms with E-state index in [0.717, 1.165) is 6.54 Å². The first kappa shape index (κ1) is 25.8. The Morgan fingerprint density at radius 3 is 2.21 bits per heavy atom. The van der Waals surface area contributed by atoms with Gasteiger partial charge in [-0.3, -0.25) is 0 Å². The molecule has 1 aromatic carbocycles. The average molecular weight is 476 g/mol. The van der Waals surface area contributed by atoms with Gasteiger partial charge in [-0.15, -0.1) is 0 Å². The van der Waals surface area contributed by atoms with Gasteiger partial charge >= 0.3 is 6.09 Å². The summed E-state index contributed by atoms with van der Waals surface area (Å²) in [5, 5.41) is 1.33. The second kappa shape index (κ2) is 10.6. The van der Waals surface area contributed by atoms with Gasteiger partial charge in [0.05, 0.1) is 5.52 Å². The third-order valence-corrected chi connectivity index (χ3v) is 11.1. The minimum Gasteiger partial charge on any atom is -0.444 e. The summed E-state index contributed by atoms with van der Waals surface area (Å²) in [4.78, 5) is 16.8. The van der Waals surface area contributed by atoms with Crippen molar-refractivity contribution >= 4 is 32.9 Å². The third kappa shape index (κ3) is 5.82. The van der Waals surface area contributed by atoms with Crippen LogP contribution in [0, 0.1) is 0 Å². The van der Waals surface area contributed by atoms with Gasteiger partial charge < -0.3 is 18.5 Å². The van der Waals surface area contributed by atoms with Crippen LogP contribution in [-0.4, -0.2) is 63.5 Å². The van der Waals surface area contributed by atoms with E-state index in [1.807, 2.05) is 25.7 Å². The van der Waals surface area contributed by atoms with Crippen molar-refractivity contribution in [3.8, 4) is 0 Å². The molecular formula is C27H45N3O2S. The molecule has 5 nitrogen and oxygen atoms in total. The minimum absolute atomic E-state index is 0.205. The van der Waals surface area contributed by atoms with Crippen LogP contribution in [0.5, 0.6) is 0 Å². The van der Waals surface area contributed by atoms with Crippen LogP contribution < -0.4 is 4.90 Å². The van der Waals surface area contributed by atoms with Crippen molar-refractivity contribution in [1.29, 1.82) is 0 Å². The fraction of sp³-hybridized carbons (Fsp3) is 0.667. The monoisotopic (exact) mass is 475 g/mol. The average Bonchev–Trinajstić information content (AvgIpc) is 3.17. The quantitative estimate of drug-likeness (QED) is 0.417. The number of anilines is 1. The number of rotatable bonds is 8. The highest BCUT2D eigenvalue weighted by Crippen LogP contribution is 2.53. The smallest absolute Gasteiger partial charge is 0.410 e. The molecule has 1 amide bonds. The van der Waals surface area contributed by atoms with Crippen LogP contribution in [0.2, 0.25) is 0 Å². The Balaban J connectivity index is 1.82. The largest absolute Gasteiger partial charge is 0.444 e. The van der Waals surface area contributed by atoms with Gasteiger partial charge in [-0.05, 0) is 88.5 Å². The summed E-state index contributed by atoms with van der Waals surface area (Å²) in [5.41, 5.74) is 2.17. The summed E-state index contributed by atoms with van der Waals surface area (Å²) >= 11 is 0. The molecule has 1 aliphatic heterocycles. The maximum absolute atomic E-state index is 12.5. The number of carbonyl (C=O) groups is 1. The Labute approximate surface area is 202 Å². The van der Waals surface area contributed by atoms with E-state index in [9.17, 15) is 4.79 Å². The van der Waals surface area contributed by atoms with Crippen molar-refractivity contribution in [2.45, 2.75) is 79.4 Å². The van der Waals surface area contributed by atoms with Crippen molar-refractivity contribution in [3.05, 3.63) is 30.5 Å². The Kier molecular flexibility index (Phi) is 8.31. The lowest BCUT2D eigenvalue weighted by molar-refractivity contribution is 0.0219. The number of nitrogens with zero attached hydrogens (tertiary/aromatic N) is 3. The van der Waals surface area contributed by atoms with Crippen LogP contribution in [0.15, 0.2) is 30.5 Å². The van der Waals surface area contributed by atoms with Gasteiger partial charge in [0.2, 0.25) is 0 Å². The molecule has 0 bridgehead atoms. The molecule has 0 radical (unpaired) electrons. The zero-order chi connectivity index (χ0) is 24.2. The second-order valence-corrected chi connectivity index (χ2v) is 14.1. The Hall–Kier alpha value is -1.82. The van der Waals surface area contributed by atoms with Crippen LogP contribution in [0.25, 0.3) is 10.9 Å². The van der Waals surface area contributed by atoms with Crippen LogP contribution in [0.1, 0.15) is 67.7 Å². The number of ether oxygens (including phenoxy) is 1. The van der Waals surface area contributed by atoms with E-state index in [0.29, 0.717) is 13.1 Å². The predicted octanol–water partition coefficient (Wildman–Crippen LogP) is 6.88. The molecule has 0 unspecified atom stereocenters. The van der Waals surface area contributed by atoms with Gasteiger partial charge in [0.15, 0.2) is 0 Å². The van der Waals surface area contributed by atoms with E-state index in [-0.39, 0.29) is 12.1 Å². The highest BCUT2D eigenvalue weighted by molar-refractivity contribution is 8.32. The molecule has 1 saturated heterocycles. The van der Waals surface area contributed by atoms with E-state index >= 15 is 0 Å². The molecule has 0 saturated carbocycles. The summed E-state index contributed by atoms with van der Waals surface area (Å²) in [6.45, 7) is 17.1. The summed E-state index contributed by atoms with van der Waals surface area (Å²) < 4.78 is 8.25. The molecule has 0 N–H and O–H groups in total. The number of carbonyl (C=O) groups excluding carboxylic acids is 1. The maximum atomic E-state index is 12.5. The number of benzene rings is 1. The number of aromatic nitrogens is 1. The van der Waals surface area contributed by atoms with E-state index in [1.54, 1.807) is 0 Å². The Morgan fingerprint density at radius 1 is 1.03 bits per heavy atom. The number of hydrogen-bond donors (Lipinski definition) is 0. The standard InChI is InChI=1S/C27H45N3O2S/c1-8-17-33(18-9-2,19-10-3)30-14-13-23-20-24(11-12-25(23)30)29-16-15-28(21-22(29)4)26(31)32-27(5,6)7/h11-14,20,22H,8-10,15-19,21H2,1-7H3/t22-/m0/s1. The summed E-state index contributed by atoms with van der Waals surface area (Å²) in [6.07, 6.45) is 5.88. The zero-order valence-electron chi connectivity index (χ0n) is 21.9. The van der Waals surface area contributed by atoms with Crippen LogP contribution in [0.4, 0.5) is 10.5 Å². The maximum Gasteiger partial charge on any atom is 0.410 e. The molecule has 1 atom stereocenters. The number of fused-ring (bicyclic) bond motifs is 1. The first-order valence-corrected chi connectivity index (χ1v) is 14.9. The van der Waals surface area contributed by atoms with Crippen molar-refractivity contribution in [2.75, 3.05) is 41.8 Å². The highest BCUT2D eigenvalue weighted by Gasteiger charge is 2.30. The molecule has 186 valence electrons. The second-order valence-electron chi connectivity index (χ2n) is 10.5. The third-order valence-electron chi connectivity index (χ3n) is 6.42. The topological polar surface area (TPSA) is 37.7 Å². The highest BCUT2D eigenvalue weighted by atomic mass is 32.3. The fourth-order valence-corrected chi connectivity index (χ4v) is 9.58. The lowest BCUT2D eigenvalue weighted by Gasteiger charge is -2.43. The fourth-order valence-electron chi connectivity index (χ4n) is 5.20. The van der Waals surface area contributed by atoms with Gasteiger partial charge in [0.1, 0.15) is 5.60 Å².